The van der Waals surface area contributed by atoms with Gasteiger partial charge in [-0.15, -0.1) is 0 Å². The Balaban J connectivity index is 2.62. The third-order valence-electron chi connectivity index (χ3n) is 2.49. The monoisotopic (exact) mass is 268 g/mol. The smallest absolute Gasteiger partial charge is 0.239 e. The highest BCUT2D eigenvalue weighted by Gasteiger charge is 2.09. The van der Waals surface area contributed by atoms with Crippen LogP contribution in [0.25, 0.3) is 0 Å². The van der Waals surface area contributed by atoms with E-state index in [1.165, 1.54) is 12.1 Å². The molecule has 1 aromatic carbocycles. The number of nitrogens with zero attached hydrogens (tertiary/aromatic N) is 1. The summed E-state index contributed by atoms with van der Waals surface area (Å²) in [6, 6.07) is 3.94. The third-order valence-corrected chi connectivity index (χ3v) is 2.49. The van der Waals surface area contributed by atoms with Crippen LogP contribution >= 0.6 is 0 Å². The molecule has 6 heteroatoms. The fraction of sp³-hybridized carbons (Fsp3) is 0.385. The summed E-state index contributed by atoms with van der Waals surface area (Å²) in [5, 5.41) is 2.66. The van der Waals surface area contributed by atoms with Crippen molar-refractivity contribution < 1.29 is 18.7 Å². The SMILES string of the molecule is COCCNC(=O)CN(C)c1cc(F)cc(C=O)c1. The summed E-state index contributed by atoms with van der Waals surface area (Å²) in [7, 11) is 3.20. The lowest BCUT2D eigenvalue weighted by atomic mass is 10.2. The molecule has 0 aliphatic carbocycles. The molecule has 5 nitrogen and oxygen atoms in total. The van der Waals surface area contributed by atoms with Crippen LogP contribution in [0.4, 0.5) is 10.1 Å². The molecule has 1 amide bonds. The first-order valence-electron chi connectivity index (χ1n) is 5.79. The molecule has 0 radical (unpaired) electrons. The zero-order chi connectivity index (χ0) is 14.3. The number of likely N-dealkylation sites (N-methyl/N-ethyl adjacent to an activating group) is 1. The molecular formula is C13H17FN2O3. The van der Waals surface area contributed by atoms with E-state index in [9.17, 15) is 14.0 Å². The first-order valence-corrected chi connectivity index (χ1v) is 5.79. The maximum atomic E-state index is 13.3. The largest absolute Gasteiger partial charge is 0.383 e. The van der Waals surface area contributed by atoms with Crippen LogP contribution in [-0.4, -0.2) is 46.0 Å². The van der Waals surface area contributed by atoms with Crippen LogP contribution in [0.2, 0.25) is 0 Å². The number of halogens is 1. The van der Waals surface area contributed by atoms with Gasteiger partial charge in [-0.05, 0) is 18.2 Å². The summed E-state index contributed by atoms with van der Waals surface area (Å²) < 4.78 is 18.1. The molecule has 1 rings (SSSR count). The summed E-state index contributed by atoms with van der Waals surface area (Å²) >= 11 is 0. The van der Waals surface area contributed by atoms with Gasteiger partial charge in [0.05, 0.1) is 13.2 Å². The van der Waals surface area contributed by atoms with E-state index in [4.69, 9.17) is 4.74 Å². The van der Waals surface area contributed by atoms with Crippen molar-refractivity contribution in [1.29, 1.82) is 0 Å². The zero-order valence-electron chi connectivity index (χ0n) is 11.0. The molecule has 19 heavy (non-hydrogen) atoms. The van der Waals surface area contributed by atoms with Crippen LogP contribution in [0.1, 0.15) is 10.4 Å². The number of aldehydes is 1. The first-order chi connectivity index (χ1) is 9.06. The van der Waals surface area contributed by atoms with Crippen LogP contribution < -0.4 is 10.2 Å². The molecule has 0 aliphatic rings. The molecule has 0 aliphatic heterocycles. The number of benzene rings is 1. The van der Waals surface area contributed by atoms with Gasteiger partial charge in [-0.1, -0.05) is 0 Å². The van der Waals surface area contributed by atoms with E-state index in [-0.39, 0.29) is 18.0 Å². The number of hydrogen-bond acceptors (Lipinski definition) is 4. The Morgan fingerprint density at radius 3 is 2.84 bits per heavy atom. The van der Waals surface area contributed by atoms with Crippen LogP contribution in [0.3, 0.4) is 0 Å². The highest BCUT2D eigenvalue weighted by molar-refractivity contribution is 5.82. The molecule has 0 fully saturated rings. The Hall–Kier alpha value is -1.95. The van der Waals surface area contributed by atoms with Gasteiger partial charge >= 0.3 is 0 Å². The van der Waals surface area contributed by atoms with E-state index < -0.39 is 5.82 Å². The summed E-state index contributed by atoms with van der Waals surface area (Å²) in [4.78, 5) is 23.8. The fourth-order valence-electron chi connectivity index (χ4n) is 1.54. The van der Waals surface area contributed by atoms with Gasteiger partial charge < -0.3 is 15.0 Å². The lowest BCUT2D eigenvalue weighted by molar-refractivity contribution is -0.119. The number of carbonyl (C=O) groups is 2. The minimum Gasteiger partial charge on any atom is -0.383 e. The molecule has 1 N–H and O–H groups in total. The second-order valence-corrected chi connectivity index (χ2v) is 4.06. The van der Waals surface area contributed by atoms with Crippen molar-refractivity contribution in [3.05, 3.63) is 29.6 Å². The number of amides is 1. The van der Waals surface area contributed by atoms with Crippen LogP contribution in [0.5, 0.6) is 0 Å². The minimum atomic E-state index is -0.508. The summed E-state index contributed by atoms with van der Waals surface area (Å²) in [5.41, 5.74) is 0.714. The predicted octanol–water partition coefficient (Wildman–Crippen LogP) is 0.837. The van der Waals surface area contributed by atoms with Gasteiger partial charge in [0.25, 0.3) is 0 Å². The molecule has 0 saturated carbocycles. The number of ether oxygens (including phenoxy) is 1. The van der Waals surface area contributed by atoms with Crippen molar-refractivity contribution in [2.24, 2.45) is 0 Å². The Morgan fingerprint density at radius 2 is 2.21 bits per heavy atom. The van der Waals surface area contributed by atoms with Crippen molar-refractivity contribution in [1.82, 2.24) is 5.32 Å². The normalized spacial score (nSPS) is 10.1. The molecule has 0 bridgehead atoms. The molecule has 0 aromatic heterocycles. The number of rotatable bonds is 7. The Morgan fingerprint density at radius 1 is 1.47 bits per heavy atom. The molecule has 0 unspecified atom stereocenters. The Bertz CT molecular complexity index is 452. The molecular weight excluding hydrogens is 251 g/mol. The third kappa shape index (κ3) is 5.05. The molecule has 0 spiro atoms. The van der Waals surface area contributed by atoms with Gasteiger partial charge in [-0.25, -0.2) is 4.39 Å². The maximum absolute atomic E-state index is 13.3. The fourth-order valence-corrected chi connectivity index (χ4v) is 1.54. The number of hydrogen-bond donors (Lipinski definition) is 1. The summed E-state index contributed by atoms with van der Waals surface area (Å²) in [6.07, 6.45) is 0.569. The molecule has 0 saturated heterocycles. The predicted molar refractivity (Wildman–Crippen MR) is 69.9 cm³/mol. The van der Waals surface area contributed by atoms with E-state index in [0.29, 0.717) is 25.1 Å². The summed E-state index contributed by atoms with van der Waals surface area (Å²) in [6.45, 7) is 0.933. The highest BCUT2D eigenvalue weighted by atomic mass is 19.1. The topological polar surface area (TPSA) is 58.6 Å². The lowest BCUT2D eigenvalue weighted by Gasteiger charge is -2.19. The minimum absolute atomic E-state index is 0.0749. The maximum Gasteiger partial charge on any atom is 0.239 e. The second kappa shape index (κ2) is 7.48. The quantitative estimate of drug-likeness (QED) is 0.588. The molecule has 1 aromatic rings. The number of methoxy groups -OCH3 is 1. The van der Waals surface area contributed by atoms with Gasteiger partial charge in [0.1, 0.15) is 12.1 Å². The summed E-state index contributed by atoms with van der Waals surface area (Å²) in [5.74, 6) is -0.706. The van der Waals surface area contributed by atoms with Crippen molar-refractivity contribution in [3.8, 4) is 0 Å². The van der Waals surface area contributed by atoms with E-state index in [1.807, 2.05) is 0 Å². The average Bonchev–Trinajstić information content (AvgIpc) is 2.38. The Labute approximate surface area is 111 Å². The number of nitrogens with one attached hydrogen (secondary N) is 1. The van der Waals surface area contributed by atoms with Crippen molar-refractivity contribution in [2.45, 2.75) is 0 Å². The van der Waals surface area contributed by atoms with Gasteiger partial charge in [0.2, 0.25) is 5.91 Å². The zero-order valence-corrected chi connectivity index (χ0v) is 11.0. The van der Waals surface area contributed by atoms with Gasteiger partial charge in [0, 0.05) is 32.0 Å². The number of anilines is 1. The van der Waals surface area contributed by atoms with Crippen molar-refractivity contribution >= 4 is 17.9 Å². The van der Waals surface area contributed by atoms with Crippen LogP contribution in [-0.2, 0) is 9.53 Å². The molecule has 104 valence electrons. The molecule has 0 atom stereocenters. The van der Waals surface area contributed by atoms with E-state index in [2.05, 4.69) is 5.32 Å². The molecule has 0 heterocycles. The van der Waals surface area contributed by atoms with Crippen LogP contribution in [0, 0.1) is 5.82 Å². The average molecular weight is 268 g/mol. The van der Waals surface area contributed by atoms with Crippen LogP contribution in [0.15, 0.2) is 18.2 Å². The Kier molecular flexibility index (Phi) is 5.95. The van der Waals surface area contributed by atoms with Crippen molar-refractivity contribution in [3.63, 3.8) is 0 Å². The second-order valence-electron chi connectivity index (χ2n) is 4.06. The van der Waals surface area contributed by atoms with Crippen molar-refractivity contribution in [2.75, 3.05) is 38.8 Å². The number of carbonyl (C=O) groups excluding carboxylic acids is 2. The van der Waals surface area contributed by atoms with Gasteiger partial charge in [-0.2, -0.15) is 0 Å². The van der Waals surface area contributed by atoms with E-state index >= 15 is 0 Å². The van der Waals surface area contributed by atoms with E-state index in [1.54, 1.807) is 19.1 Å². The standard InChI is InChI=1S/C13H17FN2O3/c1-16(8-13(18)15-3-4-19-2)12-6-10(9-17)5-11(14)7-12/h5-7,9H,3-4,8H2,1-2H3,(H,15,18). The lowest BCUT2D eigenvalue weighted by Crippen LogP contribution is -2.36. The van der Waals surface area contributed by atoms with Gasteiger partial charge in [-0.3, -0.25) is 9.59 Å². The highest BCUT2D eigenvalue weighted by Crippen LogP contribution is 2.16. The van der Waals surface area contributed by atoms with Gasteiger partial charge in [0.15, 0.2) is 0 Å². The van der Waals surface area contributed by atoms with E-state index in [0.717, 1.165) is 6.07 Å². The first kappa shape index (κ1) is 15.1.